The molecule has 1 heterocycles. The Morgan fingerprint density at radius 1 is 1.00 bits per heavy atom. The maximum absolute atomic E-state index is 11.9. The van der Waals surface area contributed by atoms with Gasteiger partial charge < -0.3 is 4.90 Å². The summed E-state index contributed by atoms with van der Waals surface area (Å²) < 4.78 is 35.6. The van der Waals surface area contributed by atoms with Crippen molar-refractivity contribution in [1.82, 2.24) is 4.90 Å². The number of alkyl halides is 3. The van der Waals surface area contributed by atoms with Gasteiger partial charge in [-0.3, -0.25) is 0 Å². The number of likely N-dealkylation sites (tertiary alicyclic amines) is 1. The summed E-state index contributed by atoms with van der Waals surface area (Å²) in [5, 5.41) is 0. The Kier molecular flexibility index (Phi) is 12.2. The van der Waals surface area contributed by atoms with Crippen molar-refractivity contribution in [1.29, 1.82) is 0 Å². The summed E-state index contributed by atoms with van der Waals surface area (Å²) in [4.78, 5) is 1.91. The van der Waals surface area contributed by atoms with Gasteiger partial charge in [0.15, 0.2) is 0 Å². The molecule has 0 aromatic carbocycles. The summed E-state index contributed by atoms with van der Waals surface area (Å²) in [6.07, 6.45) is -2.58. The van der Waals surface area contributed by atoms with Gasteiger partial charge in [-0.05, 0) is 31.8 Å². The normalized spacial score (nSPS) is 17.6. The quantitative estimate of drug-likeness (QED) is 0.690. The Hall–Kier alpha value is -0.250. The van der Waals surface area contributed by atoms with Gasteiger partial charge in [0.25, 0.3) is 0 Å². The lowest BCUT2D eigenvalue weighted by atomic mass is 9.99. The highest BCUT2D eigenvalue weighted by atomic mass is 19.4. The minimum Gasteiger partial charge on any atom is -0.303 e. The van der Waals surface area contributed by atoms with Crippen LogP contribution in [-0.2, 0) is 0 Å². The summed E-state index contributed by atoms with van der Waals surface area (Å²) >= 11 is 0. The number of nitrogens with zero attached hydrogens (tertiary/aromatic N) is 1. The SMILES string of the molecule is CC.CC.CC1CCN(CCC(F)(F)F)CC1. The molecule has 1 rings (SSSR count). The third-order valence-corrected chi connectivity index (χ3v) is 2.59. The highest BCUT2D eigenvalue weighted by Gasteiger charge is 2.28. The van der Waals surface area contributed by atoms with Crippen LogP contribution in [0.4, 0.5) is 13.2 Å². The fourth-order valence-electron chi connectivity index (χ4n) is 1.57. The molecule has 1 aliphatic rings. The fourth-order valence-corrected chi connectivity index (χ4v) is 1.57. The Morgan fingerprint density at radius 3 is 1.76 bits per heavy atom. The Bertz CT molecular complexity index is 149. The lowest BCUT2D eigenvalue weighted by molar-refractivity contribution is -0.138. The van der Waals surface area contributed by atoms with Gasteiger partial charge in [-0.2, -0.15) is 13.2 Å². The maximum atomic E-state index is 11.9. The van der Waals surface area contributed by atoms with E-state index < -0.39 is 12.6 Å². The molecule has 0 radical (unpaired) electrons. The molecule has 0 amide bonds. The Balaban J connectivity index is 0. The zero-order chi connectivity index (χ0) is 13.9. The van der Waals surface area contributed by atoms with Gasteiger partial charge in [0.05, 0.1) is 6.42 Å². The molecular formula is C13H28F3N. The monoisotopic (exact) mass is 255 g/mol. The van der Waals surface area contributed by atoms with E-state index in [-0.39, 0.29) is 6.54 Å². The molecule has 1 aliphatic heterocycles. The number of hydrogen-bond donors (Lipinski definition) is 0. The van der Waals surface area contributed by atoms with Crippen molar-refractivity contribution in [3.05, 3.63) is 0 Å². The van der Waals surface area contributed by atoms with E-state index in [4.69, 9.17) is 0 Å². The van der Waals surface area contributed by atoms with E-state index in [0.29, 0.717) is 5.92 Å². The summed E-state index contributed by atoms with van der Waals surface area (Å²) in [5.41, 5.74) is 0. The second-order valence-corrected chi connectivity index (χ2v) is 3.89. The molecule has 1 nitrogen and oxygen atoms in total. The van der Waals surface area contributed by atoms with Crippen LogP contribution in [0.3, 0.4) is 0 Å². The van der Waals surface area contributed by atoms with Gasteiger partial charge in [-0.25, -0.2) is 0 Å². The molecule has 0 spiro atoms. The first-order valence-electron chi connectivity index (χ1n) is 6.76. The molecule has 0 bridgehead atoms. The summed E-state index contributed by atoms with van der Waals surface area (Å²) in [7, 11) is 0. The molecule has 4 heteroatoms. The molecular weight excluding hydrogens is 227 g/mol. The van der Waals surface area contributed by atoms with E-state index in [2.05, 4.69) is 6.92 Å². The summed E-state index contributed by atoms with van der Waals surface area (Å²) in [6.45, 7) is 12.0. The van der Waals surface area contributed by atoms with Crippen molar-refractivity contribution in [2.24, 2.45) is 5.92 Å². The molecule has 0 aromatic heterocycles. The van der Waals surface area contributed by atoms with Crippen LogP contribution in [0.25, 0.3) is 0 Å². The molecule has 1 fully saturated rings. The van der Waals surface area contributed by atoms with E-state index in [9.17, 15) is 13.2 Å². The largest absolute Gasteiger partial charge is 0.390 e. The van der Waals surface area contributed by atoms with Crippen LogP contribution >= 0.6 is 0 Å². The van der Waals surface area contributed by atoms with Gasteiger partial charge in [-0.15, -0.1) is 0 Å². The lowest BCUT2D eigenvalue weighted by Gasteiger charge is -2.30. The Morgan fingerprint density at radius 2 is 1.41 bits per heavy atom. The highest BCUT2D eigenvalue weighted by Crippen LogP contribution is 2.22. The van der Waals surface area contributed by atoms with Crippen molar-refractivity contribution in [2.45, 2.75) is 60.1 Å². The van der Waals surface area contributed by atoms with Crippen molar-refractivity contribution in [3.63, 3.8) is 0 Å². The van der Waals surface area contributed by atoms with Crippen LogP contribution in [0, 0.1) is 5.92 Å². The molecule has 0 unspecified atom stereocenters. The topological polar surface area (TPSA) is 3.24 Å². The van der Waals surface area contributed by atoms with Crippen LogP contribution in [0.5, 0.6) is 0 Å². The zero-order valence-corrected chi connectivity index (χ0v) is 11.9. The molecule has 0 aliphatic carbocycles. The van der Waals surface area contributed by atoms with Crippen molar-refractivity contribution < 1.29 is 13.2 Å². The maximum Gasteiger partial charge on any atom is 0.390 e. The van der Waals surface area contributed by atoms with Crippen LogP contribution in [-0.4, -0.2) is 30.7 Å². The first-order valence-corrected chi connectivity index (χ1v) is 6.76. The van der Waals surface area contributed by atoms with E-state index in [1.807, 2.05) is 32.6 Å². The van der Waals surface area contributed by atoms with Gasteiger partial charge in [0.1, 0.15) is 0 Å². The van der Waals surface area contributed by atoms with Gasteiger partial charge in [0, 0.05) is 6.54 Å². The van der Waals surface area contributed by atoms with Crippen LogP contribution in [0.1, 0.15) is 53.9 Å². The molecule has 0 N–H and O–H groups in total. The Labute approximate surface area is 104 Å². The average molecular weight is 255 g/mol. The van der Waals surface area contributed by atoms with Crippen molar-refractivity contribution in [3.8, 4) is 0 Å². The molecule has 17 heavy (non-hydrogen) atoms. The van der Waals surface area contributed by atoms with E-state index >= 15 is 0 Å². The van der Waals surface area contributed by atoms with Gasteiger partial charge >= 0.3 is 6.18 Å². The molecule has 0 atom stereocenters. The minimum atomic E-state index is -4.00. The summed E-state index contributed by atoms with van der Waals surface area (Å²) in [6, 6.07) is 0. The number of hydrogen-bond acceptors (Lipinski definition) is 1. The first-order chi connectivity index (χ1) is 7.97. The van der Waals surface area contributed by atoms with E-state index in [0.717, 1.165) is 25.9 Å². The van der Waals surface area contributed by atoms with E-state index in [1.54, 1.807) is 0 Å². The highest BCUT2D eigenvalue weighted by molar-refractivity contribution is 4.70. The first kappa shape index (κ1) is 19.1. The number of piperidine rings is 1. The van der Waals surface area contributed by atoms with Crippen molar-refractivity contribution >= 4 is 0 Å². The van der Waals surface area contributed by atoms with Crippen LogP contribution in [0.2, 0.25) is 0 Å². The molecule has 106 valence electrons. The fraction of sp³-hybridized carbons (Fsp3) is 1.00. The molecule has 1 saturated heterocycles. The smallest absolute Gasteiger partial charge is 0.303 e. The second kappa shape index (κ2) is 10.9. The average Bonchev–Trinajstić information content (AvgIpc) is 2.33. The van der Waals surface area contributed by atoms with Gasteiger partial charge in [0.2, 0.25) is 0 Å². The van der Waals surface area contributed by atoms with Crippen LogP contribution < -0.4 is 0 Å². The molecule has 0 aromatic rings. The second-order valence-electron chi connectivity index (χ2n) is 3.89. The summed E-state index contributed by atoms with van der Waals surface area (Å²) in [5.74, 6) is 0.683. The predicted molar refractivity (Wildman–Crippen MR) is 68.2 cm³/mol. The third-order valence-electron chi connectivity index (χ3n) is 2.59. The third kappa shape index (κ3) is 12.0. The minimum absolute atomic E-state index is 0.177. The standard InChI is InChI=1S/C9H16F3N.2C2H6/c1-8-2-5-13(6-3-8)7-4-9(10,11)12;2*1-2/h8H,2-7H2,1H3;2*1-2H3. The van der Waals surface area contributed by atoms with Crippen molar-refractivity contribution in [2.75, 3.05) is 19.6 Å². The molecule has 0 saturated carbocycles. The van der Waals surface area contributed by atoms with Gasteiger partial charge in [-0.1, -0.05) is 34.6 Å². The predicted octanol–water partition coefficient (Wildman–Crippen LogP) is 4.72. The zero-order valence-electron chi connectivity index (χ0n) is 11.9. The van der Waals surface area contributed by atoms with Crippen LogP contribution in [0.15, 0.2) is 0 Å². The number of rotatable bonds is 2. The lowest BCUT2D eigenvalue weighted by Crippen LogP contribution is -2.35. The number of halogens is 3. The van der Waals surface area contributed by atoms with E-state index in [1.165, 1.54) is 0 Å².